The Morgan fingerprint density at radius 3 is 2.76 bits per heavy atom. The number of carbonyl (C=O) groups is 1. The second-order valence-electron chi connectivity index (χ2n) is 5.29. The van der Waals surface area contributed by atoms with Gasteiger partial charge in [-0.1, -0.05) is 11.6 Å². The van der Waals surface area contributed by atoms with Crippen molar-refractivity contribution in [1.82, 2.24) is 4.98 Å². The van der Waals surface area contributed by atoms with E-state index in [1.54, 1.807) is 11.3 Å². The van der Waals surface area contributed by atoms with Gasteiger partial charge in [0.1, 0.15) is 5.01 Å². The van der Waals surface area contributed by atoms with Gasteiger partial charge in [-0.25, -0.2) is 13.4 Å². The molecule has 3 rings (SSSR count). The van der Waals surface area contributed by atoms with Crippen molar-refractivity contribution in [2.24, 2.45) is 0 Å². The normalized spacial score (nSPS) is 11.4. The maximum absolute atomic E-state index is 12.2. The molecule has 1 N–H and O–H groups in total. The summed E-state index contributed by atoms with van der Waals surface area (Å²) < 4.78 is 23.2. The van der Waals surface area contributed by atoms with Crippen molar-refractivity contribution in [3.63, 3.8) is 0 Å². The highest BCUT2D eigenvalue weighted by atomic mass is 35.5. The largest absolute Gasteiger partial charge is 0.324 e. The zero-order chi connectivity index (χ0) is 18.0. The molecular weight excluding hydrogens is 400 g/mol. The van der Waals surface area contributed by atoms with Crippen LogP contribution in [0, 0.1) is 0 Å². The van der Waals surface area contributed by atoms with Gasteiger partial charge in [-0.15, -0.1) is 11.3 Å². The van der Waals surface area contributed by atoms with E-state index in [4.69, 9.17) is 11.6 Å². The molecule has 130 valence electrons. The number of amides is 1. The maximum Gasteiger partial charge on any atom is 0.230 e. The number of anilines is 1. The van der Waals surface area contributed by atoms with E-state index in [2.05, 4.69) is 10.3 Å². The molecule has 9 heteroatoms. The van der Waals surface area contributed by atoms with Gasteiger partial charge in [-0.2, -0.15) is 11.3 Å². The minimum atomic E-state index is -3.38. The Kier molecular flexibility index (Phi) is 5.24. The molecule has 0 saturated heterocycles. The number of hydrogen-bond donors (Lipinski definition) is 1. The maximum atomic E-state index is 12.2. The van der Waals surface area contributed by atoms with Crippen LogP contribution in [0.5, 0.6) is 0 Å². The molecule has 0 saturated carbocycles. The molecule has 0 bridgehead atoms. The zero-order valence-corrected chi connectivity index (χ0v) is 16.2. The van der Waals surface area contributed by atoms with Crippen LogP contribution in [0.1, 0.15) is 5.69 Å². The summed E-state index contributed by atoms with van der Waals surface area (Å²) >= 11 is 9.11. The van der Waals surface area contributed by atoms with Crippen molar-refractivity contribution in [1.29, 1.82) is 0 Å². The number of carbonyl (C=O) groups excluding carboxylic acids is 1. The standard InChI is InChI=1S/C16H13ClN2O3S3/c1-25(21,22)12-2-3-13(17)14(7-12)19-15(20)6-11-9-24-16(18-11)10-4-5-23-8-10/h2-5,7-9H,6H2,1H3,(H,19,20). The summed E-state index contributed by atoms with van der Waals surface area (Å²) in [6, 6.07) is 6.18. The second kappa shape index (κ2) is 7.25. The van der Waals surface area contributed by atoms with Gasteiger partial charge in [0.15, 0.2) is 9.84 Å². The number of benzene rings is 1. The first kappa shape index (κ1) is 18.1. The van der Waals surface area contributed by atoms with Crippen LogP contribution in [-0.4, -0.2) is 25.6 Å². The minimum absolute atomic E-state index is 0.0834. The lowest BCUT2D eigenvalue weighted by Crippen LogP contribution is -2.15. The van der Waals surface area contributed by atoms with Gasteiger partial charge in [-0.3, -0.25) is 4.79 Å². The molecule has 0 fully saturated rings. The first-order valence-electron chi connectivity index (χ1n) is 7.09. The lowest BCUT2D eigenvalue weighted by Gasteiger charge is -2.08. The quantitative estimate of drug-likeness (QED) is 0.684. The summed E-state index contributed by atoms with van der Waals surface area (Å²) in [5, 5.41) is 9.59. The smallest absolute Gasteiger partial charge is 0.230 e. The van der Waals surface area contributed by atoms with Crippen LogP contribution in [-0.2, 0) is 21.1 Å². The highest BCUT2D eigenvalue weighted by Crippen LogP contribution is 2.27. The molecule has 0 aliphatic rings. The number of nitrogens with one attached hydrogen (secondary N) is 1. The van der Waals surface area contributed by atoms with E-state index in [1.807, 2.05) is 22.2 Å². The summed E-state index contributed by atoms with van der Waals surface area (Å²) in [5.74, 6) is -0.310. The van der Waals surface area contributed by atoms with Crippen LogP contribution >= 0.6 is 34.3 Å². The molecular formula is C16H13ClN2O3S3. The Labute approximate surface area is 158 Å². The van der Waals surface area contributed by atoms with Crippen molar-refractivity contribution in [2.45, 2.75) is 11.3 Å². The molecule has 0 atom stereocenters. The predicted octanol–water partition coefficient (Wildman–Crippen LogP) is 4.11. The number of rotatable bonds is 5. The molecule has 2 aromatic heterocycles. The molecule has 0 aliphatic carbocycles. The fourth-order valence-electron chi connectivity index (χ4n) is 2.10. The molecule has 1 aromatic carbocycles. The third kappa shape index (κ3) is 4.46. The first-order chi connectivity index (χ1) is 11.8. The van der Waals surface area contributed by atoms with E-state index in [1.165, 1.54) is 29.5 Å². The molecule has 1 amide bonds. The fraction of sp³-hybridized carbons (Fsp3) is 0.125. The molecule has 5 nitrogen and oxygen atoms in total. The molecule has 0 aliphatic heterocycles. The van der Waals surface area contributed by atoms with E-state index < -0.39 is 9.84 Å². The number of sulfone groups is 1. The van der Waals surface area contributed by atoms with Gasteiger partial charge in [0.25, 0.3) is 0 Å². The van der Waals surface area contributed by atoms with Gasteiger partial charge in [0, 0.05) is 22.6 Å². The first-order valence-corrected chi connectivity index (χ1v) is 11.2. The summed E-state index contributed by atoms with van der Waals surface area (Å²) in [6.07, 6.45) is 1.18. The highest BCUT2D eigenvalue weighted by Gasteiger charge is 2.14. The molecule has 3 aromatic rings. The number of hydrogen-bond acceptors (Lipinski definition) is 6. The Morgan fingerprint density at radius 2 is 2.08 bits per heavy atom. The van der Waals surface area contributed by atoms with Crippen molar-refractivity contribution >= 4 is 55.7 Å². The third-order valence-electron chi connectivity index (χ3n) is 3.30. The van der Waals surface area contributed by atoms with Gasteiger partial charge in [0.05, 0.1) is 27.7 Å². The van der Waals surface area contributed by atoms with Crippen molar-refractivity contribution in [3.8, 4) is 10.6 Å². The number of nitrogens with zero attached hydrogens (tertiary/aromatic N) is 1. The van der Waals surface area contributed by atoms with Crippen LogP contribution in [0.3, 0.4) is 0 Å². The van der Waals surface area contributed by atoms with Gasteiger partial charge in [-0.05, 0) is 29.6 Å². The van der Waals surface area contributed by atoms with Crippen LogP contribution in [0.4, 0.5) is 5.69 Å². The monoisotopic (exact) mass is 412 g/mol. The SMILES string of the molecule is CS(=O)(=O)c1ccc(Cl)c(NC(=O)Cc2csc(-c3ccsc3)n2)c1. The lowest BCUT2D eigenvalue weighted by atomic mass is 10.2. The summed E-state index contributed by atoms with van der Waals surface area (Å²) in [5.41, 5.74) is 1.95. The van der Waals surface area contributed by atoms with E-state index in [-0.39, 0.29) is 27.9 Å². The van der Waals surface area contributed by atoms with E-state index in [0.29, 0.717) is 5.69 Å². The predicted molar refractivity (Wildman–Crippen MR) is 102 cm³/mol. The van der Waals surface area contributed by atoms with Crippen molar-refractivity contribution in [3.05, 3.63) is 51.1 Å². The van der Waals surface area contributed by atoms with Crippen LogP contribution in [0.2, 0.25) is 5.02 Å². The van der Waals surface area contributed by atoms with E-state index >= 15 is 0 Å². The van der Waals surface area contributed by atoms with E-state index in [9.17, 15) is 13.2 Å². The lowest BCUT2D eigenvalue weighted by molar-refractivity contribution is -0.115. The Morgan fingerprint density at radius 1 is 1.28 bits per heavy atom. The van der Waals surface area contributed by atoms with Gasteiger partial charge < -0.3 is 5.32 Å². The molecule has 25 heavy (non-hydrogen) atoms. The second-order valence-corrected chi connectivity index (χ2v) is 9.36. The van der Waals surface area contributed by atoms with Gasteiger partial charge >= 0.3 is 0 Å². The van der Waals surface area contributed by atoms with Crippen molar-refractivity contribution < 1.29 is 13.2 Å². The summed E-state index contributed by atoms with van der Waals surface area (Å²) in [4.78, 5) is 16.8. The number of aromatic nitrogens is 1. The highest BCUT2D eigenvalue weighted by molar-refractivity contribution is 7.90. The summed E-state index contributed by atoms with van der Waals surface area (Å²) in [6.45, 7) is 0. The van der Waals surface area contributed by atoms with Gasteiger partial charge in [0.2, 0.25) is 5.91 Å². The molecule has 0 spiro atoms. The Balaban J connectivity index is 1.73. The number of thiophene rings is 1. The molecule has 0 radical (unpaired) electrons. The topological polar surface area (TPSA) is 76.1 Å². The van der Waals surface area contributed by atoms with Crippen LogP contribution in [0.25, 0.3) is 10.6 Å². The summed E-state index contributed by atoms with van der Waals surface area (Å²) in [7, 11) is -3.38. The average Bonchev–Trinajstić information content (AvgIpc) is 3.19. The van der Waals surface area contributed by atoms with Crippen LogP contribution in [0.15, 0.2) is 45.3 Å². The Hall–Kier alpha value is -1.74. The minimum Gasteiger partial charge on any atom is -0.324 e. The Bertz CT molecular complexity index is 1010. The van der Waals surface area contributed by atoms with E-state index in [0.717, 1.165) is 16.8 Å². The van der Waals surface area contributed by atoms with Crippen molar-refractivity contribution in [2.75, 3.05) is 11.6 Å². The number of thiazole rings is 1. The third-order valence-corrected chi connectivity index (χ3v) is 6.36. The zero-order valence-electron chi connectivity index (χ0n) is 13.0. The molecule has 0 unspecified atom stereocenters. The number of halogens is 1. The van der Waals surface area contributed by atoms with Crippen LogP contribution < -0.4 is 5.32 Å². The fourth-order valence-corrected chi connectivity index (χ4v) is 4.44. The molecule has 2 heterocycles. The average molecular weight is 413 g/mol.